The number of carbonyl (C=O) groups excluding carboxylic acids is 1. The molecule has 3 N–H and O–H groups in total. The van der Waals surface area contributed by atoms with Gasteiger partial charge in [0.05, 0.1) is 5.69 Å². The summed E-state index contributed by atoms with van der Waals surface area (Å²) in [5.74, 6) is -0.0317. The van der Waals surface area contributed by atoms with Crippen LogP contribution in [0.4, 0.5) is 4.79 Å². The molecular weight excluding hydrogens is 406 g/mol. The van der Waals surface area contributed by atoms with Crippen molar-refractivity contribution in [3.05, 3.63) is 77.1 Å². The van der Waals surface area contributed by atoms with E-state index in [0.717, 1.165) is 35.2 Å². The number of ether oxygens (including phenoxy) is 1. The van der Waals surface area contributed by atoms with Gasteiger partial charge in [-0.05, 0) is 35.6 Å². The number of benzene rings is 2. The summed E-state index contributed by atoms with van der Waals surface area (Å²) < 4.78 is 7.23. The van der Waals surface area contributed by atoms with Crippen molar-refractivity contribution in [1.29, 1.82) is 0 Å². The Morgan fingerprint density at radius 3 is 2.38 bits per heavy atom. The van der Waals surface area contributed by atoms with Crippen LogP contribution in [0.3, 0.4) is 0 Å². The minimum Gasteiger partial charge on any atom is -0.449 e. The molecular formula is C25H29N3O4. The molecule has 2 atom stereocenters. The van der Waals surface area contributed by atoms with Crippen molar-refractivity contribution in [3.8, 4) is 11.1 Å². The number of hydrogen-bond donors (Lipinski definition) is 3. The molecule has 1 heterocycles. The molecule has 1 amide bonds. The Labute approximate surface area is 187 Å². The third-order valence-corrected chi connectivity index (χ3v) is 5.92. The van der Waals surface area contributed by atoms with Gasteiger partial charge in [0.1, 0.15) is 18.8 Å². The predicted octanol–water partition coefficient (Wildman–Crippen LogP) is 3.53. The summed E-state index contributed by atoms with van der Waals surface area (Å²) in [4.78, 5) is 12.3. The van der Waals surface area contributed by atoms with Gasteiger partial charge in [0.15, 0.2) is 0 Å². The molecule has 0 spiro atoms. The summed E-state index contributed by atoms with van der Waals surface area (Å²) in [7, 11) is 0. The zero-order chi connectivity index (χ0) is 22.7. The Balaban J connectivity index is 1.33. The quantitative estimate of drug-likeness (QED) is 0.503. The van der Waals surface area contributed by atoms with Gasteiger partial charge in [0.2, 0.25) is 0 Å². The number of aromatic nitrogens is 2. The Morgan fingerprint density at radius 2 is 1.75 bits per heavy atom. The molecule has 0 fully saturated rings. The topological polar surface area (TPSA) is 96.6 Å². The van der Waals surface area contributed by atoms with E-state index in [0.29, 0.717) is 11.3 Å². The van der Waals surface area contributed by atoms with E-state index in [1.54, 1.807) is 17.8 Å². The Kier molecular flexibility index (Phi) is 6.58. The fourth-order valence-electron chi connectivity index (χ4n) is 4.32. The third kappa shape index (κ3) is 4.40. The maximum atomic E-state index is 12.3. The molecule has 0 saturated carbocycles. The van der Waals surface area contributed by atoms with Gasteiger partial charge in [-0.3, -0.25) is 4.68 Å². The van der Waals surface area contributed by atoms with E-state index in [-0.39, 0.29) is 19.1 Å². The van der Waals surface area contributed by atoms with E-state index >= 15 is 0 Å². The lowest BCUT2D eigenvalue weighted by molar-refractivity contribution is 0.0181. The molecule has 1 aromatic heterocycles. The molecule has 1 aliphatic carbocycles. The first kappa shape index (κ1) is 22.0. The highest BCUT2D eigenvalue weighted by atomic mass is 16.5. The Bertz CT molecular complexity index is 1050. The first-order chi connectivity index (χ1) is 15.5. The number of amides is 1. The maximum absolute atomic E-state index is 12.3. The van der Waals surface area contributed by atoms with E-state index in [1.807, 2.05) is 31.2 Å². The largest absolute Gasteiger partial charge is 0.449 e. The maximum Gasteiger partial charge on any atom is 0.407 e. The monoisotopic (exact) mass is 435 g/mol. The summed E-state index contributed by atoms with van der Waals surface area (Å²) in [6.07, 6.45) is -0.290. The smallest absolute Gasteiger partial charge is 0.407 e. The lowest BCUT2D eigenvalue weighted by Gasteiger charge is -2.19. The molecule has 0 bridgehead atoms. The van der Waals surface area contributed by atoms with Crippen molar-refractivity contribution in [2.75, 3.05) is 13.2 Å². The number of nitrogens with zero attached hydrogens (tertiary/aromatic N) is 2. The number of aliphatic hydroxyl groups is 2. The summed E-state index contributed by atoms with van der Waals surface area (Å²) >= 11 is 0. The van der Waals surface area contributed by atoms with Crippen LogP contribution in [0.2, 0.25) is 0 Å². The van der Waals surface area contributed by atoms with Gasteiger partial charge in [-0.1, -0.05) is 55.5 Å². The molecule has 7 nitrogen and oxygen atoms in total. The van der Waals surface area contributed by atoms with Crippen LogP contribution in [0, 0.1) is 6.92 Å². The summed E-state index contributed by atoms with van der Waals surface area (Å²) in [6, 6.07) is 16.3. The van der Waals surface area contributed by atoms with E-state index in [1.165, 1.54) is 0 Å². The zero-order valence-electron chi connectivity index (χ0n) is 18.4. The molecule has 1 aliphatic rings. The molecule has 0 saturated heterocycles. The predicted molar refractivity (Wildman–Crippen MR) is 121 cm³/mol. The van der Waals surface area contributed by atoms with E-state index < -0.39 is 18.3 Å². The van der Waals surface area contributed by atoms with Crippen LogP contribution in [-0.4, -0.2) is 45.3 Å². The standard InChI is InChI=1S/C25H29N3O4/c1-3-12-28-14-21(16(2)27-28)24(30)23(29)13-26-25(31)32-15-22-19-10-6-4-8-17(19)18-9-5-7-11-20(18)22/h4-11,14,22-24,29-30H,3,12-13,15H2,1-2H3,(H,26,31). The molecule has 0 radical (unpaired) electrons. The normalized spacial score (nSPS) is 14.5. The van der Waals surface area contributed by atoms with Crippen molar-refractivity contribution in [3.63, 3.8) is 0 Å². The first-order valence-corrected chi connectivity index (χ1v) is 11.0. The summed E-state index contributed by atoms with van der Waals surface area (Å²) in [5, 5.41) is 27.8. The second-order valence-electron chi connectivity index (χ2n) is 8.15. The number of nitrogens with one attached hydrogen (secondary N) is 1. The van der Waals surface area contributed by atoms with Crippen molar-refractivity contribution in [2.24, 2.45) is 0 Å². The van der Waals surface area contributed by atoms with Gasteiger partial charge in [-0.15, -0.1) is 0 Å². The zero-order valence-corrected chi connectivity index (χ0v) is 18.4. The van der Waals surface area contributed by atoms with Crippen LogP contribution >= 0.6 is 0 Å². The minimum absolute atomic E-state index is 0.0317. The number of hydrogen-bond acceptors (Lipinski definition) is 5. The van der Waals surface area contributed by atoms with Crippen molar-refractivity contribution < 1.29 is 19.7 Å². The number of aliphatic hydroxyl groups excluding tert-OH is 2. The van der Waals surface area contributed by atoms with Crippen LogP contribution in [0.1, 0.15) is 47.8 Å². The number of fused-ring (bicyclic) bond motifs is 3. The average Bonchev–Trinajstić information content (AvgIpc) is 3.33. The number of aryl methyl sites for hydroxylation is 2. The van der Waals surface area contributed by atoms with Crippen LogP contribution < -0.4 is 5.32 Å². The summed E-state index contributed by atoms with van der Waals surface area (Å²) in [6.45, 7) is 4.63. The molecule has 2 unspecified atom stereocenters. The summed E-state index contributed by atoms with van der Waals surface area (Å²) in [5.41, 5.74) is 5.81. The average molecular weight is 436 g/mol. The molecule has 4 rings (SSSR count). The SMILES string of the molecule is CCCn1cc(C(O)C(O)CNC(=O)OCC2c3ccccc3-c3ccccc32)c(C)n1. The number of alkyl carbamates (subject to hydrolysis) is 1. The lowest BCUT2D eigenvalue weighted by atomic mass is 9.98. The second kappa shape index (κ2) is 9.54. The van der Waals surface area contributed by atoms with Gasteiger partial charge in [-0.2, -0.15) is 5.10 Å². The molecule has 2 aromatic carbocycles. The molecule has 32 heavy (non-hydrogen) atoms. The van der Waals surface area contributed by atoms with Crippen LogP contribution in [0.5, 0.6) is 0 Å². The Morgan fingerprint density at radius 1 is 1.12 bits per heavy atom. The number of rotatable bonds is 8. The fraction of sp³-hybridized carbons (Fsp3) is 0.360. The molecule has 0 aliphatic heterocycles. The second-order valence-corrected chi connectivity index (χ2v) is 8.15. The van der Waals surface area contributed by atoms with Gasteiger partial charge < -0.3 is 20.3 Å². The Hall–Kier alpha value is -3.16. The fourth-order valence-corrected chi connectivity index (χ4v) is 4.32. The van der Waals surface area contributed by atoms with Crippen LogP contribution in [0.25, 0.3) is 11.1 Å². The van der Waals surface area contributed by atoms with Gasteiger partial charge >= 0.3 is 6.09 Å². The highest BCUT2D eigenvalue weighted by Gasteiger charge is 2.29. The highest BCUT2D eigenvalue weighted by molar-refractivity contribution is 5.79. The van der Waals surface area contributed by atoms with Crippen LogP contribution in [0.15, 0.2) is 54.7 Å². The van der Waals surface area contributed by atoms with Gasteiger partial charge in [0, 0.05) is 30.8 Å². The van der Waals surface area contributed by atoms with Gasteiger partial charge in [-0.25, -0.2) is 4.79 Å². The van der Waals surface area contributed by atoms with E-state index in [2.05, 4.69) is 34.7 Å². The van der Waals surface area contributed by atoms with E-state index in [9.17, 15) is 15.0 Å². The van der Waals surface area contributed by atoms with Gasteiger partial charge in [0.25, 0.3) is 0 Å². The van der Waals surface area contributed by atoms with E-state index in [4.69, 9.17) is 4.74 Å². The van der Waals surface area contributed by atoms with Crippen LogP contribution in [-0.2, 0) is 11.3 Å². The molecule has 168 valence electrons. The van der Waals surface area contributed by atoms with Crippen molar-refractivity contribution in [2.45, 2.75) is 44.9 Å². The molecule has 7 heteroatoms. The first-order valence-electron chi connectivity index (χ1n) is 11.0. The number of carbonyl (C=O) groups is 1. The molecule has 3 aromatic rings. The minimum atomic E-state index is -1.17. The van der Waals surface area contributed by atoms with Crippen molar-refractivity contribution >= 4 is 6.09 Å². The highest BCUT2D eigenvalue weighted by Crippen LogP contribution is 2.44. The lowest BCUT2D eigenvalue weighted by Crippen LogP contribution is -2.36. The third-order valence-electron chi connectivity index (χ3n) is 5.92. The van der Waals surface area contributed by atoms with Crippen molar-refractivity contribution in [1.82, 2.24) is 15.1 Å².